The molecular formula is C23H32O3Si. The zero-order valence-corrected chi connectivity index (χ0v) is 17.6. The SMILES string of the molecule is C[Si]1(CCCCCCCCC2=C(O)c3ccccc3C(=O)C2=O)CCCC1. The normalized spacial score (nSPS) is 18.9. The molecule has 2 aliphatic rings. The van der Waals surface area contributed by atoms with Gasteiger partial charge < -0.3 is 5.11 Å². The Hall–Kier alpha value is -1.68. The topological polar surface area (TPSA) is 54.4 Å². The van der Waals surface area contributed by atoms with E-state index in [1.165, 1.54) is 44.6 Å². The Balaban J connectivity index is 1.39. The zero-order chi connectivity index (χ0) is 19.3. The zero-order valence-electron chi connectivity index (χ0n) is 16.6. The maximum atomic E-state index is 12.3. The van der Waals surface area contributed by atoms with Gasteiger partial charge in [-0.2, -0.15) is 0 Å². The number of fused-ring (bicyclic) bond motifs is 1. The summed E-state index contributed by atoms with van der Waals surface area (Å²) in [5, 5.41) is 10.4. The van der Waals surface area contributed by atoms with E-state index in [0.29, 0.717) is 23.1 Å². The van der Waals surface area contributed by atoms with Crippen molar-refractivity contribution in [2.45, 2.75) is 82.5 Å². The van der Waals surface area contributed by atoms with Gasteiger partial charge in [0.15, 0.2) is 0 Å². The summed E-state index contributed by atoms with van der Waals surface area (Å²) < 4.78 is 0. The van der Waals surface area contributed by atoms with Crippen molar-refractivity contribution in [3.05, 3.63) is 41.0 Å². The molecule has 1 fully saturated rings. The monoisotopic (exact) mass is 384 g/mol. The van der Waals surface area contributed by atoms with E-state index in [1.807, 2.05) is 0 Å². The molecule has 3 rings (SSSR count). The molecule has 1 N–H and O–H groups in total. The first-order chi connectivity index (χ1) is 13.0. The lowest BCUT2D eigenvalue weighted by molar-refractivity contribution is -0.112. The smallest absolute Gasteiger partial charge is 0.234 e. The molecule has 0 saturated carbocycles. The van der Waals surface area contributed by atoms with Gasteiger partial charge in [-0.3, -0.25) is 9.59 Å². The van der Waals surface area contributed by atoms with Crippen LogP contribution in [0.2, 0.25) is 24.7 Å². The van der Waals surface area contributed by atoms with Crippen LogP contribution in [0.5, 0.6) is 0 Å². The van der Waals surface area contributed by atoms with Crippen LogP contribution in [0.1, 0.15) is 73.7 Å². The number of carbonyl (C=O) groups is 2. The summed E-state index contributed by atoms with van der Waals surface area (Å²) in [7, 11) is -0.838. The van der Waals surface area contributed by atoms with Crippen molar-refractivity contribution >= 4 is 25.4 Å². The second-order valence-electron chi connectivity index (χ2n) is 8.67. The molecule has 1 aliphatic carbocycles. The second kappa shape index (κ2) is 9.00. The molecule has 1 aromatic rings. The molecule has 4 heteroatoms. The molecule has 1 aromatic carbocycles. The highest BCUT2D eigenvalue weighted by atomic mass is 28.3. The minimum absolute atomic E-state index is 0.00460. The first-order valence-corrected chi connectivity index (χ1v) is 13.7. The number of hydrogen-bond acceptors (Lipinski definition) is 3. The average molecular weight is 385 g/mol. The van der Waals surface area contributed by atoms with Gasteiger partial charge in [-0.15, -0.1) is 0 Å². The molecule has 0 aromatic heterocycles. The third-order valence-corrected chi connectivity index (χ3v) is 11.1. The first kappa shape index (κ1) is 20.1. The van der Waals surface area contributed by atoms with Crippen LogP contribution in [0.25, 0.3) is 5.76 Å². The quantitative estimate of drug-likeness (QED) is 0.308. The summed E-state index contributed by atoms with van der Waals surface area (Å²) in [6.07, 6.45) is 10.5. The third-order valence-electron chi connectivity index (χ3n) is 6.46. The van der Waals surface area contributed by atoms with Crippen molar-refractivity contribution < 1.29 is 14.7 Å². The first-order valence-electron chi connectivity index (χ1n) is 10.6. The van der Waals surface area contributed by atoms with Crippen molar-refractivity contribution in [2.75, 3.05) is 0 Å². The van der Waals surface area contributed by atoms with Crippen molar-refractivity contribution in [2.24, 2.45) is 0 Å². The summed E-state index contributed by atoms with van der Waals surface area (Å²) in [5.41, 5.74) is 1.13. The van der Waals surface area contributed by atoms with Crippen LogP contribution in [0, 0.1) is 0 Å². The molecule has 146 valence electrons. The van der Waals surface area contributed by atoms with Gasteiger partial charge in [-0.25, -0.2) is 0 Å². The van der Waals surface area contributed by atoms with E-state index in [0.717, 1.165) is 12.8 Å². The molecule has 1 heterocycles. The second-order valence-corrected chi connectivity index (χ2v) is 13.8. The predicted molar refractivity (Wildman–Crippen MR) is 113 cm³/mol. The molecule has 3 nitrogen and oxygen atoms in total. The van der Waals surface area contributed by atoms with Crippen molar-refractivity contribution in [3.63, 3.8) is 0 Å². The van der Waals surface area contributed by atoms with Gasteiger partial charge in [0.2, 0.25) is 11.6 Å². The van der Waals surface area contributed by atoms with Crippen molar-refractivity contribution in [3.8, 4) is 0 Å². The van der Waals surface area contributed by atoms with E-state index >= 15 is 0 Å². The minimum Gasteiger partial charge on any atom is -0.507 e. The standard InChI is InChI=1S/C23H32O3Si/c1-27(16-10-11-17-27)15-9-5-3-2-4-6-14-20-21(24)18-12-7-8-13-19(18)22(25)23(20)26/h7-8,12-13,24H,2-6,9-11,14-17H2,1H3. The van der Waals surface area contributed by atoms with Crippen LogP contribution in [0.4, 0.5) is 0 Å². The van der Waals surface area contributed by atoms with Gasteiger partial charge in [0.25, 0.3) is 0 Å². The number of benzene rings is 1. The van der Waals surface area contributed by atoms with Crippen LogP contribution in [-0.4, -0.2) is 24.7 Å². The summed E-state index contributed by atoms with van der Waals surface area (Å²) in [6, 6.07) is 11.4. The molecule has 0 unspecified atom stereocenters. The summed E-state index contributed by atoms with van der Waals surface area (Å²) >= 11 is 0. The van der Waals surface area contributed by atoms with Crippen LogP contribution >= 0.6 is 0 Å². The molecule has 1 saturated heterocycles. The number of hydrogen-bond donors (Lipinski definition) is 1. The Labute approximate surface area is 163 Å². The van der Waals surface area contributed by atoms with E-state index < -0.39 is 19.6 Å². The Morgan fingerprint density at radius 2 is 1.44 bits per heavy atom. The van der Waals surface area contributed by atoms with Gasteiger partial charge in [0, 0.05) is 16.7 Å². The van der Waals surface area contributed by atoms with Gasteiger partial charge in [0.1, 0.15) is 5.76 Å². The lowest BCUT2D eigenvalue weighted by atomic mass is 9.86. The number of allylic oxidation sites excluding steroid dienone is 1. The highest BCUT2D eigenvalue weighted by Crippen LogP contribution is 2.34. The van der Waals surface area contributed by atoms with E-state index in [2.05, 4.69) is 6.55 Å². The number of carbonyl (C=O) groups excluding carboxylic acids is 2. The Kier molecular flexibility index (Phi) is 6.69. The van der Waals surface area contributed by atoms with E-state index in [1.54, 1.807) is 36.4 Å². The highest BCUT2D eigenvalue weighted by Gasteiger charge is 2.32. The molecule has 0 radical (unpaired) electrons. The number of aliphatic hydroxyl groups excluding tert-OH is 1. The Morgan fingerprint density at radius 1 is 0.852 bits per heavy atom. The van der Waals surface area contributed by atoms with Crippen LogP contribution in [0.15, 0.2) is 29.8 Å². The van der Waals surface area contributed by atoms with Crippen molar-refractivity contribution in [1.82, 2.24) is 0 Å². The summed E-state index contributed by atoms with van der Waals surface area (Å²) in [4.78, 5) is 24.5. The van der Waals surface area contributed by atoms with Crippen LogP contribution in [-0.2, 0) is 4.79 Å². The van der Waals surface area contributed by atoms with Gasteiger partial charge >= 0.3 is 0 Å². The molecule has 0 bridgehead atoms. The third kappa shape index (κ3) is 4.78. The maximum absolute atomic E-state index is 12.3. The van der Waals surface area contributed by atoms with Crippen LogP contribution in [0.3, 0.4) is 0 Å². The number of aliphatic hydroxyl groups is 1. The van der Waals surface area contributed by atoms with E-state index in [9.17, 15) is 14.7 Å². The fourth-order valence-electron chi connectivity index (χ4n) is 4.69. The number of rotatable bonds is 9. The number of Topliss-reactive ketones (excluding diaryl/α,β-unsaturated/α-hetero) is 2. The van der Waals surface area contributed by atoms with Crippen LogP contribution < -0.4 is 0 Å². The summed E-state index contributed by atoms with van der Waals surface area (Å²) in [6.45, 7) is 2.58. The van der Waals surface area contributed by atoms with Gasteiger partial charge in [0.05, 0.1) is 8.07 Å². The summed E-state index contributed by atoms with van der Waals surface area (Å²) in [5.74, 6) is -1.01. The molecule has 0 amide bonds. The molecular weight excluding hydrogens is 352 g/mol. The molecule has 27 heavy (non-hydrogen) atoms. The lowest BCUT2D eigenvalue weighted by Gasteiger charge is -2.20. The fourth-order valence-corrected chi connectivity index (χ4v) is 8.75. The van der Waals surface area contributed by atoms with E-state index in [4.69, 9.17) is 0 Å². The highest BCUT2D eigenvalue weighted by molar-refractivity contribution is 6.79. The molecule has 1 aliphatic heterocycles. The van der Waals surface area contributed by atoms with Crippen molar-refractivity contribution in [1.29, 1.82) is 0 Å². The predicted octanol–water partition coefficient (Wildman–Crippen LogP) is 6.32. The maximum Gasteiger partial charge on any atom is 0.234 e. The fraction of sp³-hybridized carbons (Fsp3) is 0.565. The average Bonchev–Trinajstić information content (AvgIpc) is 3.11. The Bertz CT molecular complexity index is 729. The molecule has 0 atom stereocenters. The molecule has 0 spiro atoms. The van der Waals surface area contributed by atoms with E-state index in [-0.39, 0.29) is 5.76 Å². The number of ketones is 2. The minimum atomic E-state index is -0.838. The largest absolute Gasteiger partial charge is 0.507 e. The Morgan fingerprint density at radius 3 is 2.15 bits per heavy atom. The lowest BCUT2D eigenvalue weighted by Crippen LogP contribution is -2.24. The van der Waals surface area contributed by atoms with Gasteiger partial charge in [-0.05, 0) is 12.8 Å². The number of unbranched alkanes of at least 4 members (excludes halogenated alkanes) is 5. The van der Waals surface area contributed by atoms with Gasteiger partial charge in [-0.1, -0.05) is 93.9 Å².